The Hall–Kier alpha value is -0.970. The number of nitrogens with one attached hydrogen (secondary N) is 1. The molecule has 1 aromatic carbocycles. The maximum atomic E-state index is 12.2. The molecule has 0 saturated carbocycles. The zero-order valence-corrected chi connectivity index (χ0v) is 13.8. The molecule has 1 fully saturated rings. The maximum Gasteiger partial charge on any atom is 0.260 e. The molecule has 1 amide bonds. The molecule has 0 spiro atoms. The van der Waals surface area contributed by atoms with E-state index in [-0.39, 0.29) is 24.9 Å². The average Bonchev–Trinajstić information content (AvgIpc) is 2.45. The maximum absolute atomic E-state index is 12.2. The fourth-order valence-corrected chi connectivity index (χ4v) is 2.72. The van der Waals surface area contributed by atoms with E-state index in [0.717, 1.165) is 26.1 Å². The van der Waals surface area contributed by atoms with Crippen LogP contribution >= 0.6 is 24.0 Å². The van der Waals surface area contributed by atoms with Gasteiger partial charge in [-0.1, -0.05) is 17.7 Å². The van der Waals surface area contributed by atoms with Gasteiger partial charge in [-0.05, 0) is 50.6 Å². The van der Waals surface area contributed by atoms with Gasteiger partial charge in [0.2, 0.25) is 0 Å². The topological polar surface area (TPSA) is 41.6 Å². The Balaban J connectivity index is 0.00000220. The lowest BCUT2D eigenvalue weighted by Gasteiger charge is -2.32. The minimum atomic E-state index is 0. The summed E-state index contributed by atoms with van der Waals surface area (Å²) in [5, 5.41) is 3.79. The zero-order chi connectivity index (χ0) is 14.4. The van der Waals surface area contributed by atoms with Crippen molar-refractivity contribution >= 4 is 29.9 Å². The van der Waals surface area contributed by atoms with Crippen molar-refractivity contribution < 1.29 is 9.53 Å². The van der Waals surface area contributed by atoms with Gasteiger partial charge in [0.25, 0.3) is 5.91 Å². The molecule has 1 unspecified atom stereocenters. The highest BCUT2D eigenvalue weighted by atomic mass is 35.5. The normalized spacial score (nSPS) is 18.0. The third-order valence-electron chi connectivity index (χ3n) is 3.52. The largest absolute Gasteiger partial charge is 0.484 e. The molecule has 0 bridgehead atoms. The van der Waals surface area contributed by atoms with Gasteiger partial charge in [0, 0.05) is 18.1 Å². The Morgan fingerprint density at radius 3 is 3.05 bits per heavy atom. The van der Waals surface area contributed by atoms with Crippen LogP contribution in [0.15, 0.2) is 24.3 Å². The lowest BCUT2D eigenvalue weighted by atomic mass is 9.98. The van der Waals surface area contributed by atoms with Crippen molar-refractivity contribution in [2.24, 2.45) is 5.92 Å². The molecule has 118 valence electrons. The smallest absolute Gasteiger partial charge is 0.260 e. The summed E-state index contributed by atoms with van der Waals surface area (Å²) in [7, 11) is 1.95. The first-order chi connectivity index (χ1) is 9.69. The highest BCUT2D eigenvalue weighted by Crippen LogP contribution is 2.18. The minimum Gasteiger partial charge on any atom is -0.484 e. The molecule has 1 aliphatic heterocycles. The molecule has 0 aromatic heterocycles. The summed E-state index contributed by atoms with van der Waals surface area (Å²) < 4.78 is 5.51. The third kappa shape index (κ3) is 5.73. The van der Waals surface area contributed by atoms with E-state index in [1.165, 1.54) is 6.42 Å². The van der Waals surface area contributed by atoms with E-state index in [9.17, 15) is 4.79 Å². The molecule has 1 aliphatic rings. The highest BCUT2D eigenvalue weighted by Gasteiger charge is 2.23. The predicted molar refractivity (Wildman–Crippen MR) is 87.4 cm³/mol. The number of ether oxygens (including phenoxy) is 1. The van der Waals surface area contributed by atoms with Crippen molar-refractivity contribution in [2.75, 3.05) is 33.3 Å². The number of piperidine rings is 1. The van der Waals surface area contributed by atoms with Gasteiger partial charge >= 0.3 is 0 Å². The van der Waals surface area contributed by atoms with Gasteiger partial charge in [0.15, 0.2) is 6.61 Å². The van der Waals surface area contributed by atoms with Crippen molar-refractivity contribution in [2.45, 2.75) is 12.8 Å². The Morgan fingerprint density at radius 1 is 1.52 bits per heavy atom. The standard InChI is InChI=1S/C15H21ClN2O2.ClH/c1-17-9-12-4-3-7-18(10-12)15(19)11-20-14-6-2-5-13(16)8-14;/h2,5-6,8,12,17H,3-4,7,9-11H2,1H3;1H. The first kappa shape index (κ1) is 18.1. The van der Waals surface area contributed by atoms with Crippen molar-refractivity contribution in [3.05, 3.63) is 29.3 Å². The van der Waals surface area contributed by atoms with E-state index in [4.69, 9.17) is 16.3 Å². The van der Waals surface area contributed by atoms with Crippen LogP contribution in [0, 0.1) is 5.92 Å². The number of hydrogen-bond donors (Lipinski definition) is 1. The number of rotatable bonds is 5. The van der Waals surface area contributed by atoms with Gasteiger partial charge in [0.1, 0.15) is 5.75 Å². The van der Waals surface area contributed by atoms with Crippen LogP contribution in [0.4, 0.5) is 0 Å². The van der Waals surface area contributed by atoms with Crippen LogP contribution in [0.1, 0.15) is 12.8 Å². The Labute approximate surface area is 137 Å². The van der Waals surface area contributed by atoms with Crippen LogP contribution in [-0.2, 0) is 4.79 Å². The quantitative estimate of drug-likeness (QED) is 0.901. The summed E-state index contributed by atoms with van der Waals surface area (Å²) in [6, 6.07) is 7.11. The first-order valence-electron chi connectivity index (χ1n) is 7.00. The second kappa shape index (κ2) is 9.13. The molecule has 21 heavy (non-hydrogen) atoms. The van der Waals surface area contributed by atoms with Gasteiger partial charge in [-0.15, -0.1) is 12.4 Å². The van der Waals surface area contributed by atoms with E-state index >= 15 is 0 Å². The number of nitrogens with zero attached hydrogens (tertiary/aromatic N) is 1. The van der Waals surface area contributed by atoms with E-state index in [1.54, 1.807) is 18.2 Å². The molecule has 6 heteroatoms. The summed E-state index contributed by atoms with van der Waals surface area (Å²) in [5.74, 6) is 1.23. The van der Waals surface area contributed by atoms with E-state index in [0.29, 0.717) is 16.7 Å². The molecule has 1 saturated heterocycles. The lowest BCUT2D eigenvalue weighted by Crippen LogP contribution is -2.44. The van der Waals surface area contributed by atoms with Crippen molar-refractivity contribution in [1.82, 2.24) is 10.2 Å². The molecule has 4 nitrogen and oxygen atoms in total. The molecule has 2 rings (SSSR count). The predicted octanol–water partition coefficient (Wildman–Crippen LogP) is 2.60. The summed E-state index contributed by atoms with van der Waals surface area (Å²) in [6.45, 7) is 2.68. The molecule has 1 aromatic rings. The van der Waals surface area contributed by atoms with E-state index in [2.05, 4.69) is 5.32 Å². The highest BCUT2D eigenvalue weighted by molar-refractivity contribution is 6.30. The van der Waals surface area contributed by atoms with E-state index in [1.807, 2.05) is 18.0 Å². The molecule has 0 radical (unpaired) electrons. The van der Waals surface area contributed by atoms with E-state index < -0.39 is 0 Å². The molecule has 1 heterocycles. The number of carbonyl (C=O) groups is 1. The minimum absolute atomic E-state index is 0. The summed E-state index contributed by atoms with van der Waals surface area (Å²) >= 11 is 5.88. The van der Waals surface area contributed by atoms with Crippen LogP contribution in [0.2, 0.25) is 5.02 Å². The van der Waals surface area contributed by atoms with Gasteiger partial charge in [-0.25, -0.2) is 0 Å². The first-order valence-corrected chi connectivity index (χ1v) is 7.37. The van der Waals surface area contributed by atoms with Gasteiger partial charge in [-0.2, -0.15) is 0 Å². The summed E-state index contributed by atoms with van der Waals surface area (Å²) in [5.41, 5.74) is 0. The molecular formula is C15H22Cl2N2O2. The molecular weight excluding hydrogens is 311 g/mol. The van der Waals surface area contributed by atoms with Crippen LogP contribution in [0.3, 0.4) is 0 Å². The van der Waals surface area contributed by atoms with Crippen LogP contribution in [0.25, 0.3) is 0 Å². The Morgan fingerprint density at radius 2 is 2.33 bits per heavy atom. The molecule has 1 atom stereocenters. The second-order valence-electron chi connectivity index (χ2n) is 5.15. The number of hydrogen-bond acceptors (Lipinski definition) is 3. The monoisotopic (exact) mass is 332 g/mol. The summed E-state index contributed by atoms with van der Waals surface area (Å²) in [6.07, 6.45) is 2.25. The van der Waals surface area contributed by atoms with Crippen molar-refractivity contribution in [1.29, 1.82) is 0 Å². The SMILES string of the molecule is CNCC1CCCN(C(=O)COc2cccc(Cl)c2)C1.Cl. The lowest BCUT2D eigenvalue weighted by molar-refractivity contribution is -0.135. The van der Waals surface area contributed by atoms with Crippen LogP contribution in [-0.4, -0.2) is 44.1 Å². The molecule has 1 N–H and O–H groups in total. The molecule has 0 aliphatic carbocycles. The fourth-order valence-electron chi connectivity index (χ4n) is 2.54. The third-order valence-corrected chi connectivity index (χ3v) is 3.76. The number of benzene rings is 1. The Kier molecular flexibility index (Phi) is 7.86. The van der Waals surface area contributed by atoms with Crippen molar-refractivity contribution in [3.63, 3.8) is 0 Å². The fraction of sp³-hybridized carbons (Fsp3) is 0.533. The average molecular weight is 333 g/mol. The zero-order valence-electron chi connectivity index (χ0n) is 12.2. The van der Waals surface area contributed by atoms with Crippen LogP contribution < -0.4 is 10.1 Å². The van der Waals surface area contributed by atoms with Gasteiger partial charge in [0.05, 0.1) is 0 Å². The second-order valence-corrected chi connectivity index (χ2v) is 5.59. The van der Waals surface area contributed by atoms with Gasteiger partial charge in [-0.3, -0.25) is 4.79 Å². The number of carbonyl (C=O) groups excluding carboxylic acids is 1. The number of halogens is 2. The number of amides is 1. The van der Waals surface area contributed by atoms with Crippen LogP contribution in [0.5, 0.6) is 5.75 Å². The number of likely N-dealkylation sites (tertiary alicyclic amines) is 1. The van der Waals surface area contributed by atoms with Crippen molar-refractivity contribution in [3.8, 4) is 5.75 Å². The summed E-state index contributed by atoms with van der Waals surface area (Å²) in [4.78, 5) is 14.1. The Bertz CT molecular complexity index is 455. The van der Waals surface area contributed by atoms with Gasteiger partial charge < -0.3 is 15.0 Å².